The summed E-state index contributed by atoms with van der Waals surface area (Å²) in [6, 6.07) is 0.442. The molecule has 2 atom stereocenters. The van der Waals surface area contributed by atoms with E-state index in [9.17, 15) is 14.7 Å². The molecule has 0 spiro atoms. The zero-order valence-electron chi connectivity index (χ0n) is 11.8. The van der Waals surface area contributed by atoms with Crippen LogP contribution in [0.25, 0.3) is 0 Å². The first-order valence-corrected chi connectivity index (χ1v) is 7.12. The quantitative estimate of drug-likeness (QED) is 0.662. The normalized spacial score (nSPS) is 28.6. The monoisotopic (exact) mass is 285 g/mol. The maximum Gasteiger partial charge on any atom is 0.407 e. The average Bonchev–Trinajstić information content (AvgIpc) is 2.81. The number of hydrogen-bond donors (Lipinski definition) is 3. The molecule has 7 nitrogen and oxygen atoms in total. The van der Waals surface area contributed by atoms with E-state index < -0.39 is 6.09 Å². The van der Waals surface area contributed by atoms with Gasteiger partial charge in [-0.25, -0.2) is 4.79 Å². The first-order chi connectivity index (χ1) is 9.51. The number of aliphatic hydroxyl groups excluding tert-OH is 1. The number of aliphatic hydroxyl groups is 1. The molecule has 0 saturated carbocycles. The van der Waals surface area contributed by atoms with Crippen molar-refractivity contribution < 1.29 is 19.8 Å². The molecule has 20 heavy (non-hydrogen) atoms. The van der Waals surface area contributed by atoms with Crippen LogP contribution in [0.2, 0.25) is 0 Å². The van der Waals surface area contributed by atoms with Crippen LogP contribution in [-0.2, 0) is 4.79 Å². The summed E-state index contributed by atoms with van der Waals surface area (Å²) < 4.78 is 0. The Morgan fingerprint density at radius 3 is 2.45 bits per heavy atom. The number of carbonyl (C=O) groups excluding carboxylic acids is 1. The molecular weight excluding hydrogens is 262 g/mol. The molecule has 2 aliphatic rings. The molecule has 2 aliphatic heterocycles. The van der Waals surface area contributed by atoms with E-state index in [1.807, 2.05) is 0 Å². The lowest BCUT2D eigenvalue weighted by molar-refractivity contribution is -0.119. The van der Waals surface area contributed by atoms with Gasteiger partial charge in [0.15, 0.2) is 0 Å². The summed E-state index contributed by atoms with van der Waals surface area (Å²) >= 11 is 0. The number of rotatable bonds is 3. The fraction of sp³-hybridized carbons (Fsp3) is 0.846. The van der Waals surface area contributed by atoms with Crippen LogP contribution in [-0.4, -0.2) is 76.4 Å². The second kappa shape index (κ2) is 6.41. The molecule has 0 aliphatic carbocycles. The lowest BCUT2D eigenvalue weighted by Crippen LogP contribution is -2.49. The van der Waals surface area contributed by atoms with Gasteiger partial charge in [0.25, 0.3) is 0 Å². The first kappa shape index (κ1) is 15.1. The largest absolute Gasteiger partial charge is 0.465 e. The van der Waals surface area contributed by atoms with E-state index in [1.165, 1.54) is 11.8 Å². The van der Waals surface area contributed by atoms with Gasteiger partial charge in [0.1, 0.15) is 0 Å². The number of carbonyl (C=O) groups is 2. The highest BCUT2D eigenvalue weighted by Gasteiger charge is 2.37. The number of nitrogens with zero attached hydrogens (tertiary/aromatic N) is 2. The van der Waals surface area contributed by atoms with Crippen molar-refractivity contribution in [2.24, 2.45) is 0 Å². The van der Waals surface area contributed by atoms with E-state index in [0.717, 1.165) is 25.8 Å². The SMILES string of the molecule is CC(=O)N[C@@H]1C[C@@H](CO)N(C2CCN(C(=O)O)CC2)C1. The van der Waals surface area contributed by atoms with Gasteiger partial charge >= 0.3 is 6.09 Å². The van der Waals surface area contributed by atoms with Crippen molar-refractivity contribution in [3.63, 3.8) is 0 Å². The van der Waals surface area contributed by atoms with Crippen molar-refractivity contribution in [1.82, 2.24) is 15.1 Å². The van der Waals surface area contributed by atoms with Crippen molar-refractivity contribution in [2.75, 3.05) is 26.2 Å². The van der Waals surface area contributed by atoms with Gasteiger partial charge in [-0.1, -0.05) is 0 Å². The van der Waals surface area contributed by atoms with Gasteiger partial charge < -0.3 is 20.4 Å². The molecule has 0 radical (unpaired) electrons. The zero-order chi connectivity index (χ0) is 14.7. The molecule has 0 aromatic carbocycles. The van der Waals surface area contributed by atoms with Crippen molar-refractivity contribution in [1.29, 1.82) is 0 Å². The van der Waals surface area contributed by atoms with E-state index in [1.54, 1.807) is 0 Å². The number of likely N-dealkylation sites (tertiary alicyclic amines) is 2. The molecular formula is C13H23N3O4. The topological polar surface area (TPSA) is 93.1 Å². The number of hydrogen-bond acceptors (Lipinski definition) is 4. The van der Waals surface area contributed by atoms with Crippen LogP contribution >= 0.6 is 0 Å². The Balaban J connectivity index is 1.91. The van der Waals surface area contributed by atoms with Crippen LogP contribution in [0.4, 0.5) is 4.79 Å². The third kappa shape index (κ3) is 3.40. The standard InChI is InChI=1S/C13H23N3O4/c1-9(18)14-10-6-12(8-17)16(7-10)11-2-4-15(5-3-11)13(19)20/h10-12,17H,2-8H2,1H3,(H,14,18)(H,19,20)/t10-,12+/m1/s1. The molecule has 0 unspecified atom stereocenters. The van der Waals surface area contributed by atoms with Crippen molar-refractivity contribution in [2.45, 2.75) is 44.3 Å². The lowest BCUT2D eigenvalue weighted by Gasteiger charge is -2.38. The second-order valence-corrected chi connectivity index (χ2v) is 5.67. The predicted octanol–water partition coefficient (Wildman–Crippen LogP) is -0.300. The summed E-state index contributed by atoms with van der Waals surface area (Å²) in [6.45, 7) is 3.40. The molecule has 2 fully saturated rings. The van der Waals surface area contributed by atoms with Crippen LogP contribution < -0.4 is 5.32 Å². The second-order valence-electron chi connectivity index (χ2n) is 5.67. The molecule has 0 bridgehead atoms. The molecule has 2 saturated heterocycles. The van der Waals surface area contributed by atoms with Crippen molar-refractivity contribution >= 4 is 12.0 Å². The Kier molecular flexibility index (Phi) is 4.82. The molecule has 114 valence electrons. The highest BCUT2D eigenvalue weighted by molar-refractivity contribution is 5.73. The van der Waals surface area contributed by atoms with Crippen molar-refractivity contribution in [3.8, 4) is 0 Å². The first-order valence-electron chi connectivity index (χ1n) is 7.12. The summed E-state index contributed by atoms with van der Waals surface area (Å²) in [6.07, 6.45) is 1.47. The maximum absolute atomic E-state index is 11.1. The summed E-state index contributed by atoms with van der Waals surface area (Å²) in [7, 11) is 0. The minimum Gasteiger partial charge on any atom is -0.465 e. The Labute approximate surface area is 118 Å². The zero-order valence-corrected chi connectivity index (χ0v) is 11.8. The van der Waals surface area contributed by atoms with Gasteiger partial charge in [0, 0.05) is 44.7 Å². The fourth-order valence-electron chi connectivity index (χ4n) is 3.35. The van der Waals surface area contributed by atoms with E-state index >= 15 is 0 Å². The summed E-state index contributed by atoms with van der Waals surface area (Å²) in [5.74, 6) is -0.0470. The average molecular weight is 285 g/mol. The Bertz CT molecular complexity index is 369. The van der Waals surface area contributed by atoms with Gasteiger partial charge in [-0.3, -0.25) is 9.69 Å². The highest BCUT2D eigenvalue weighted by Crippen LogP contribution is 2.26. The van der Waals surface area contributed by atoms with Crippen LogP contribution in [0.15, 0.2) is 0 Å². The lowest BCUT2D eigenvalue weighted by atomic mass is 10.0. The van der Waals surface area contributed by atoms with Crippen molar-refractivity contribution in [3.05, 3.63) is 0 Å². The van der Waals surface area contributed by atoms with E-state index in [2.05, 4.69) is 10.2 Å². The molecule has 3 N–H and O–H groups in total. The molecule has 2 rings (SSSR count). The molecule has 2 heterocycles. The number of amides is 2. The predicted molar refractivity (Wildman–Crippen MR) is 72.4 cm³/mol. The fourth-order valence-corrected chi connectivity index (χ4v) is 3.35. The van der Waals surface area contributed by atoms with Gasteiger partial charge in [0.2, 0.25) is 5.91 Å². The van der Waals surface area contributed by atoms with Gasteiger partial charge in [-0.05, 0) is 19.3 Å². The van der Waals surface area contributed by atoms with Gasteiger partial charge in [-0.2, -0.15) is 0 Å². The van der Waals surface area contributed by atoms with E-state index in [-0.39, 0.29) is 24.6 Å². The van der Waals surface area contributed by atoms with Gasteiger partial charge in [0.05, 0.1) is 6.61 Å². The van der Waals surface area contributed by atoms with E-state index in [4.69, 9.17) is 5.11 Å². The number of carboxylic acid groups (broad SMARTS) is 1. The summed E-state index contributed by atoms with van der Waals surface area (Å²) in [5.41, 5.74) is 0. The minimum absolute atomic E-state index is 0.0470. The summed E-state index contributed by atoms with van der Waals surface area (Å²) in [5, 5.41) is 21.4. The van der Waals surface area contributed by atoms with Crippen LogP contribution in [0.5, 0.6) is 0 Å². The molecule has 0 aromatic rings. The Morgan fingerprint density at radius 1 is 1.30 bits per heavy atom. The Hall–Kier alpha value is -1.34. The maximum atomic E-state index is 11.1. The Morgan fingerprint density at radius 2 is 1.95 bits per heavy atom. The summed E-state index contributed by atoms with van der Waals surface area (Å²) in [4.78, 5) is 25.7. The van der Waals surface area contributed by atoms with E-state index in [0.29, 0.717) is 19.1 Å². The third-order valence-corrected chi connectivity index (χ3v) is 4.28. The minimum atomic E-state index is -0.861. The number of piperidine rings is 1. The van der Waals surface area contributed by atoms with Crippen LogP contribution in [0.3, 0.4) is 0 Å². The molecule has 2 amide bonds. The highest BCUT2D eigenvalue weighted by atomic mass is 16.4. The molecule has 7 heteroatoms. The van der Waals surface area contributed by atoms with Gasteiger partial charge in [-0.15, -0.1) is 0 Å². The van der Waals surface area contributed by atoms with Crippen LogP contribution in [0, 0.1) is 0 Å². The molecule has 0 aromatic heterocycles. The smallest absolute Gasteiger partial charge is 0.407 e. The van der Waals surface area contributed by atoms with Crippen LogP contribution in [0.1, 0.15) is 26.2 Å². The number of nitrogens with one attached hydrogen (secondary N) is 1. The third-order valence-electron chi connectivity index (χ3n) is 4.28.